The summed E-state index contributed by atoms with van der Waals surface area (Å²) in [4.78, 5) is 51.4. The van der Waals surface area contributed by atoms with Gasteiger partial charge in [0, 0.05) is 26.1 Å². The lowest BCUT2D eigenvalue weighted by Gasteiger charge is -2.33. The summed E-state index contributed by atoms with van der Waals surface area (Å²) in [5.74, 6) is -1.24. The van der Waals surface area contributed by atoms with Crippen LogP contribution in [0.2, 0.25) is 0 Å². The maximum Gasteiger partial charge on any atom is 0.326 e. The number of benzene rings is 1. The third-order valence-corrected chi connectivity index (χ3v) is 7.27. The minimum Gasteiger partial charge on any atom is -0.497 e. The lowest BCUT2D eigenvalue weighted by molar-refractivity contribution is -0.145. The van der Waals surface area contributed by atoms with E-state index in [4.69, 9.17) is 4.74 Å². The molecule has 0 saturated carbocycles. The predicted octanol–water partition coefficient (Wildman–Crippen LogP) is 1.75. The Bertz CT molecular complexity index is 923. The van der Waals surface area contributed by atoms with E-state index < -0.39 is 29.7 Å². The van der Waals surface area contributed by atoms with Crippen molar-refractivity contribution in [3.63, 3.8) is 0 Å². The van der Waals surface area contributed by atoms with E-state index in [-0.39, 0.29) is 31.3 Å². The minimum absolute atomic E-state index is 0. The van der Waals surface area contributed by atoms with Crippen LogP contribution in [0.5, 0.6) is 5.75 Å². The first kappa shape index (κ1) is 31.4. The summed E-state index contributed by atoms with van der Waals surface area (Å²) in [6.07, 6.45) is 5.04. The van der Waals surface area contributed by atoms with Gasteiger partial charge >= 0.3 is 5.97 Å². The molecule has 0 unspecified atom stereocenters. The largest absolute Gasteiger partial charge is 0.497 e. The van der Waals surface area contributed by atoms with Gasteiger partial charge in [-0.2, -0.15) is 0 Å². The van der Waals surface area contributed by atoms with Gasteiger partial charge in [-0.3, -0.25) is 14.4 Å². The second kappa shape index (κ2) is 16.2. The first-order chi connectivity index (χ1) is 17.9. The fourth-order valence-electron chi connectivity index (χ4n) is 4.96. The maximum absolute atomic E-state index is 12.9. The molecule has 3 amide bonds. The molecule has 2 atom stereocenters. The van der Waals surface area contributed by atoms with E-state index >= 15 is 0 Å². The molecule has 0 aliphatic carbocycles. The Morgan fingerprint density at radius 2 is 1.84 bits per heavy atom. The Morgan fingerprint density at radius 1 is 1.13 bits per heavy atom. The van der Waals surface area contributed by atoms with Crippen LogP contribution in [-0.4, -0.2) is 79.6 Å². The highest BCUT2D eigenvalue weighted by molar-refractivity contribution is 5.89. The van der Waals surface area contributed by atoms with Crippen LogP contribution in [0.15, 0.2) is 24.3 Å². The standard InChI is InChI=1S/C27H40N4O6.ClH/c1-37-22-7-4-19(5-8-22)12-15-29-24(32)17-23(27(35)36)30-26(34)21-3-2-16-31(18-21)25(33)9-6-20-10-13-28-14-11-20;/h4-5,7-8,20-21,23,28H,2-3,6,9-18H2,1H3,(H,29,32)(H,30,34)(H,35,36);1H/t21-,23+;/m1./s1. The highest BCUT2D eigenvalue weighted by Gasteiger charge is 2.32. The van der Waals surface area contributed by atoms with Crippen LogP contribution >= 0.6 is 12.4 Å². The molecule has 0 radical (unpaired) electrons. The summed E-state index contributed by atoms with van der Waals surface area (Å²) in [6.45, 7) is 3.25. The number of nitrogens with zero attached hydrogens (tertiary/aromatic N) is 1. The van der Waals surface area contributed by atoms with Crippen molar-refractivity contribution < 1.29 is 29.0 Å². The van der Waals surface area contributed by atoms with Crippen molar-refractivity contribution in [2.45, 2.75) is 57.4 Å². The molecule has 3 rings (SSSR count). The molecule has 2 aliphatic rings. The van der Waals surface area contributed by atoms with Crippen molar-refractivity contribution in [2.75, 3.05) is 39.8 Å². The average Bonchev–Trinajstić information content (AvgIpc) is 2.92. The summed E-state index contributed by atoms with van der Waals surface area (Å²) in [5, 5.41) is 18.2. The molecule has 212 valence electrons. The van der Waals surface area contributed by atoms with Gasteiger partial charge in [0.05, 0.1) is 19.4 Å². The number of carbonyl (C=O) groups excluding carboxylic acids is 3. The van der Waals surface area contributed by atoms with Crippen molar-refractivity contribution in [3.05, 3.63) is 29.8 Å². The summed E-state index contributed by atoms with van der Waals surface area (Å²) in [6, 6.07) is 6.15. The van der Waals surface area contributed by atoms with Gasteiger partial charge in [0.25, 0.3) is 0 Å². The summed E-state index contributed by atoms with van der Waals surface area (Å²) >= 11 is 0. The Kier molecular flexibility index (Phi) is 13.4. The van der Waals surface area contributed by atoms with Crippen LogP contribution in [0.3, 0.4) is 0 Å². The van der Waals surface area contributed by atoms with E-state index in [9.17, 15) is 24.3 Å². The molecular weight excluding hydrogens is 512 g/mol. The monoisotopic (exact) mass is 552 g/mol. The molecule has 2 fully saturated rings. The number of rotatable bonds is 12. The quantitative estimate of drug-likeness (QED) is 0.310. The van der Waals surface area contributed by atoms with Crippen molar-refractivity contribution in [1.82, 2.24) is 20.9 Å². The highest BCUT2D eigenvalue weighted by Crippen LogP contribution is 2.22. The van der Waals surface area contributed by atoms with Crippen molar-refractivity contribution in [1.29, 1.82) is 0 Å². The zero-order valence-electron chi connectivity index (χ0n) is 22.1. The maximum atomic E-state index is 12.9. The Hall–Kier alpha value is -2.85. The number of aliphatic carboxylic acids is 1. The van der Waals surface area contributed by atoms with Crippen LogP contribution < -0.4 is 20.7 Å². The summed E-state index contributed by atoms with van der Waals surface area (Å²) in [7, 11) is 1.59. The summed E-state index contributed by atoms with van der Waals surface area (Å²) in [5.41, 5.74) is 1.01. The molecule has 1 aromatic carbocycles. The molecule has 0 bridgehead atoms. The number of amides is 3. The van der Waals surface area contributed by atoms with Gasteiger partial charge in [-0.25, -0.2) is 4.79 Å². The van der Waals surface area contributed by atoms with Gasteiger partial charge in [-0.15, -0.1) is 12.4 Å². The zero-order valence-corrected chi connectivity index (χ0v) is 22.9. The number of carboxylic acids is 1. The number of carbonyl (C=O) groups is 4. The van der Waals surface area contributed by atoms with Gasteiger partial charge in [-0.1, -0.05) is 12.1 Å². The van der Waals surface area contributed by atoms with Gasteiger partial charge in [0.2, 0.25) is 17.7 Å². The topological polar surface area (TPSA) is 137 Å². The van der Waals surface area contributed by atoms with E-state index in [1.54, 1.807) is 12.0 Å². The fourth-order valence-corrected chi connectivity index (χ4v) is 4.96. The Balaban J connectivity index is 0.00000507. The van der Waals surface area contributed by atoms with E-state index in [0.717, 1.165) is 43.7 Å². The second-order valence-corrected chi connectivity index (χ2v) is 9.96. The lowest BCUT2D eigenvalue weighted by atomic mass is 9.92. The lowest BCUT2D eigenvalue weighted by Crippen LogP contribution is -2.50. The molecule has 0 aromatic heterocycles. The molecule has 4 N–H and O–H groups in total. The van der Waals surface area contributed by atoms with E-state index in [0.29, 0.717) is 44.7 Å². The number of ether oxygens (including phenoxy) is 1. The van der Waals surface area contributed by atoms with Crippen LogP contribution in [-0.2, 0) is 25.6 Å². The van der Waals surface area contributed by atoms with E-state index in [1.807, 2.05) is 24.3 Å². The third-order valence-electron chi connectivity index (χ3n) is 7.27. The highest BCUT2D eigenvalue weighted by atomic mass is 35.5. The molecular formula is C27H41ClN4O6. The third kappa shape index (κ3) is 10.1. The van der Waals surface area contributed by atoms with E-state index in [2.05, 4.69) is 16.0 Å². The van der Waals surface area contributed by atoms with Crippen molar-refractivity contribution in [2.24, 2.45) is 11.8 Å². The van der Waals surface area contributed by atoms with Crippen molar-refractivity contribution >= 4 is 36.1 Å². The molecule has 2 heterocycles. The first-order valence-corrected chi connectivity index (χ1v) is 13.3. The van der Waals surface area contributed by atoms with Crippen LogP contribution in [0.4, 0.5) is 0 Å². The van der Waals surface area contributed by atoms with Gasteiger partial charge < -0.3 is 30.7 Å². The number of carboxylic acid groups (broad SMARTS) is 1. The number of hydrogen-bond acceptors (Lipinski definition) is 6. The number of halogens is 1. The number of methoxy groups -OCH3 is 1. The number of hydrogen-bond donors (Lipinski definition) is 4. The van der Waals surface area contributed by atoms with Gasteiger partial charge in [0.1, 0.15) is 11.8 Å². The normalized spacial score (nSPS) is 18.6. The number of nitrogens with one attached hydrogen (secondary N) is 3. The zero-order chi connectivity index (χ0) is 26.6. The molecule has 2 saturated heterocycles. The molecule has 0 spiro atoms. The molecule has 11 heteroatoms. The fraction of sp³-hybridized carbons (Fsp3) is 0.630. The van der Waals surface area contributed by atoms with E-state index in [1.165, 1.54) is 0 Å². The van der Waals surface area contributed by atoms with Crippen LogP contribution in [0.25, 0.3) is 0 Å². The number of likely N-dealkylation sites (tertiary alicyclic amines) is 1. The van der Waals surface area contributed by atoms with Crippen LogP contribution in [0, 0.1) is 11.8 Å². The number of piperidine rings is 2. The molecule has 10 nitrogen and oxygen atoms in total. The molecule has 38 heavy (non-hydrogen) atoms. The molecule has 2 aliphatic heterocycles. The first-order valence-electron chi connectivity index (χ1n) is 13.3. The Morgan fingerprint density at radius 3 is 2.50 bits per heavy atom. The summed E-state index contributed by atoms with van der Waals surface area (Å²) < 4.78 is 5.12. The predicted molar refractivity (Wildman–Crippen MR) is 145 cm³/mol. The smallest absolute Gasteiger partial charge is 0.326 e. The van der Waals surface area contributed by atoms with Gasteiger partial charge in [-0.05, 0) is 75.2 Å². The minimum atomic E-state index is -1.32. The van der Waals surface area contributed by atoms with Crippen molar-refractivity contribution in [3.8, 4) is 5.75 Å². The van der Waals surface area contributed by atoms with Gasteiger partial charge in [0.15, 0.2) is 0 Å². The Labute approximate surface area is 230 Å². The van der Waals surface area contributed by atoms with Crippen LogP contribution in [0.1, 0.15) is 50.5 Å². The average molecular weight is 553 g/mol. The molecule has 1 aromatic rings. The SMILES string of the molecule is COc1ccc(CCNC(=O)C[C@H](NC(=O)[C@@H]2CCCN(C(=O)CCC3CCNCC3)C2)C(=O)O)cc1.Cl. The second-order valence-electron chi connectivity index (χ2n) is 9.96.